The molecule has 3 N–H and O–H groups in total. The van der Waals surface area contributed by atoms with Crippen LogP contribution in [0, 0.1) is 0 Å². The molecular formula is C16H12O5. The molecule has 0 bridgehead atoms. The van der Waals surface area contributed by atoms with Gasteiger partial charge in [0.05, 0.1) is 5.39 Å². The van der Waals surface area contributed by atoms with Crippen molar-refractivity contribution in [3.8, 4) is 17.2 Å². The molecule has 0 unspecified atom stereocenters. The summed E-state index contributed by atoms with van der Waals surface area (Å²) >= 11 is 0. The Balaban J connectivity index is 2.04. The van der Waals surface area contributed by atoms with Gasteiger partial charge in [-0.05, 0) is 29.8 Å². The summed E-state index contributed by atoms with van der Waals surface area (Å²) in [6, 6.07) is 10.1. The van der Waals surface area contributed by atoms with Crippen molar-refractivity contribution in [2.45, 2.75) is 6.42 Å². The van der Waals surface area contributed by atoms with Crippen LogP contribution in [-0.4, -0.2) is 15.3 Å². The Bertz CT molecular complexity index is 879. The van der Waals surface area contributed by atoms with Crippen molar-refractivity contribution < 1.29 is 19.7 Å². The first-order valence-electron chi connectivity index (χ1n) is 6.29. The van der Waals surface area contributed by atoms with Gasteiger partial charge in [-0.3, -0.25) is 4.79 Å². The number of fused-ring (bicyclic) bond motifs is 1. The molecule has 0 radical (unpaired) electrons. The van der Waals surface area contributed by atoms with Gasteiger partial charge in [0.2, 0.25) is 0 Å². The van der Waals surface area contributed by atoms with Crippen LogP contribution in [0.3, 0.4) is 0 Å². The van der Waals surface area contributed by atoms with Crippen molar-refractivity contribution in [3.05, 3.63) is 64.0 Å². The predicted molar refractivity (Wildman–Crippen MR) is 76.7 cm³/mol. The van der Waals surface area contributed by atoms with Crippen LogP contribution in [0.5, 0.6) is 17.2 Å². The highest BCUT2D eigenvalue weighted by atomic mass is 16.3. The molecule has 0 amide bonds. The first-order chi connectivity index (χ1) is 10.0. The Hall–Kier alpha value is -2.95. The molecule has 21 heavy (non-hydrogen) atoms. The minimum absolute atomic E-state index is 0.0186. The Kier molecular flexibility index (Phi) is 3.02. The summed E-state index contributed by atoms with van der Waals surface area (Å²) in [5, 5.41) is 28.6. The van der Waals surface area contributed by atoms with E-state index in [1.807, 2.05) is 0 Å². The number of benzene rings is 2. The third kappa shape index (κ3) is 2.53. The van der Waals surface area contributed by atoms with Gasteiger partial charge < -0.3 is 19.7 Å². The fourth-order valence-electron chi connectivity index (χ4n) is 2.16. The minimum Gasteiger partial charge on any atom is -0.508 e. The van der Waals surface area contributed by atoms with Crippen LogP contribution in [0.4, 0.5) is 0 Å². The van der Waals surface area contributed by atoms with Gasteiger partial charge in [-0.1, -0.05) is 6.07 Å². The lowest BCUT2D eigenvalue weighted by Gasteiger charge is -2.05. The number of hydrogen-bond donors (Lipinski definition) is 3. The smallest absolute Gasteiger partial charge is 0.192 e. The lowest BCUT2D eigenvalue weighted by Crippen LogP contribution is -2.02. The number of hydrogen-bond acceptors (Lipinski definition) is 5. The SMILES string of the molecule is O=c1cc(Cc2ccc(O)c(O)c2)oc2cc(O)ccc12. The van der Waals surface area contributed by atoms with Crippen LogP contribution in [0.25, 0.3) is 11.0 Å². The maximum Gasteiger partial charge on any atom is 0.192 e. The van der Waals surface area contributed by atoms with Crippen LogP contribution in [0.1, 0.15) is 11.3 Å². The van der Waals surface area contributed by atoms with Crippen molar-refractivity contribution in [2.75, 3.05) is 0 Å². The van der Waals surface area contributed by atoms with E-state index in [1.54, 1.807) is 6.07 Å². The first kappa shape index (κ1) is 13.1. The molecule has 1 aromatic heterocycles. The number of aromatic hydroxyl groups is 3. The minimum atomic E-state index is -0.228. The molecule has 106 valence electrons. The van der Waals surface area contributed by atoms with Crippen LogP contribution in [0.2, 0.25) is 0 Å². The molecular weight excluding hydrogens is 272 g/mol. The quantitative estimate of drug-likeness (QED) is 0.629. The number of rotatable bonds is 2. The topological polar surface area (TPSA) is 90.9 Å². The van der Waals surface area contributed by atoms with E-state index < -0.39 is 0 Å². The average Bonchev–Trinajstić information content (AvgIpc) is 2.42. The maximum absolute atomic E-state index is 12.0. The van der Waals surface area contributed by atoms with Crippen molar-refractivity contribution in [3.63, 3.8) is 0 Å². The van der Waals surface area contributed by atoms with E-state index in [0.29, 0.717) is 22.3 Å². The molecule has 0 aliphatic carbocycles. The zero-order valence-electron chi connectivity index (χ0n) is 10.9. The molecule has 0 saturated carbocycles. The molecule has 0 saturated heterocycles. The van der Waals surface area contributed by atoms with Crippen molar-refractivity contribution in [1.29, 1.82) is 0 Å². The van der Waals surface area contributed by atoms with Gasteiger partial charge in [0.15, 0.2) is 16.9 Å². The summed E-state index contributed by atoms with van der Waals surface area (Å²) in [5.74, 6) is -0.00909. The van der Waals surface area contributed by atoms with Crippen LogP contribution in [-0.2, 0) is 6.42 Å². The second-order valence-electron chi connectivity index (χ2n) is 4.76. The summed E-state index contributed by atoms with van der Waals surface area (Å²) in [6.07, 6.45) is 0.286. The summed E-state index contributed by atoms with van der Waals surface area (Å²) in [4.78, 5) is 12.0. The Labute approximate surface area is 119 Å². The zero-order chi connectivity index (χ0) is 15.0. The van der Waals surface area contributed by atoms with Gasteiger partial charge in [-0.2, -0.15) is 0 Å². The van der Waals surface area contributed by atoms with Crippen molar-refractivity contribution >= 4 is 11.0 Å². The molecule has 5 nitrogen and oxygen atoms in total. The summed E-state index contributed by atoms with van der Waals surface area (Å²) < 4.78 is 5.59. The monoisotopic (exact) mass is 284 g/mol. The number of phenols is 3. The van der Waals surface area contributed by atoms with Gasteiger partial charge in [-0.25, -0.2) is 0 Å². The molecule has 2 aromatic carbocycles. The fraction of sp³-hybridized carbons (Fsp3) is 0.0625. The predicted octanol–water partition coefficient (Wildman–Crippen LogP) is 2.50. The molecule has 0 atom stereocenters. The highest BCUT2D eigenvalue weighted by Crippen LogP contribution is 2.26. The second-order valence-corrected chi connectivity index (χ2v) is 4.76. The van der Waals surface area contributed by atoms with E-state index in [-0.39, 0.29) is 29.1 Å². The third-order valence-corrected chi connectivity index (χ3v) is 3.18. The second kappa shape index (κ2) is 4.86. The van der Waals surface area contributed by atoms with E-state index in [0.717, 1.165) is 0 Å². The molecule has 5 heteroatoms. The van der Waals surface area contributed by atoms with Gasteiger partial charge in [0, 0.05) is 18.6 Å². The fourth-order valence-corrected chi connectivity index (χ4v) is 2.16. The lowest BCUT2D eigenvalue weighted by atomic mass is 10.1. The standard InChI is InChI=1S/C16H12O5/c17-10-2-3-12-14(19)8-11(21-16(12)7-10)5-9-1-4-13(18)15(20)6-9/h1-4,6-8,17-18,20H,5H2. The van der Waals surface area contributed by atoms with Crippen LogP contribution in [0.15, 0.2) is 51.7 Å². The third-order valence-electron chi connectivity index (χ3n) is 3.18. The van der Waals surface area contributed by atoms with E-state index >= 15 is 0 Å². The Morgan fingerprint density at radius 2 is 1.71 bits per heavy atom. The molecule has 0 aliphatic heterocycles. The molecule has 3 rings (SSSR count). The highest BCUT2D eigenvalue weighted by molar-refractivity contribution is 5.77. The largest absolute Gasteiger partial charge is 0.508 e. The van der Waals surface area contributed by atoms with E-state index in [9.17, 15) is 20.1 Å². The Morgan fingerprint density at radius 3 is 2.48 bits per heavy atom. The van der Waals surface area contributed by atoms with Crippen LogP contribution >= 0.6 is 0 Å². The normalized spacial score (nSPS) is 10.9. The lowest BCUT2D eigenvalue weighted by molar-refractivity contribution is 0.403. The Morgan fingerprint density at radius 1 is 0.905 bits per heavy atom. The van der Waals surface area contributed by atoms with E-state index in [2.05, 4.69) is 0 Å². The van der Waals surface area contributed by atoms with E-state index in [1.165, 1.54) is 36.4 Å². The van der Waals surface area contributed by atoms with Crippen LogP contribution < -0.4 is 5.43 Å². The average molecular weight is 284 g/mol. The maximum atomic E-state index is 12.0. The summed E-state index contributed by atoms with van der Waals surface area (Å²) in [6.45, 7) is 0. The van der Waals surface area contributed by atoms with Crippen molar-refractivity contribution in [2.24, 2.45) is 0 Å². The summed E-state index contributed by atoms with van der Waals surface area (Å²) in [7, 11) is 0. The molecule has 1 heterocycles. The zero-order valence-corrected chi connectivity index (χ0v) is 10.9. The summed E-state index contributed by atoms with van der Waals surface area (Å²) in [5.41, 5.74) is 0.794. The highest BCUT2D eigenvalue weighted by Gasteiger charge is 2.08. The van der Waals surface area contributed by atoms with E-state index in [4.69, 9.17) is 4.42 Å². The molecule has 0 spiro atoms. The van der Waals surface area contributed by atoms with Gasteiger partial charge in [0.1, 0.15) is 17.1 Å². The first-order valence-corrected chi connectivity index (χ1v) is 6.29. The van der Waals surface area contributed by atoms with Crippen molar-refractivity contribution in [1.82, 2.24) is 0 Å². The van der Waals surface area contributed by atoms with Gasteiger partial charge >= 0.3 is 0 Å². The molecule has 0 aliphatic rings. The van der Waals surface area contributed by atoms with Gasteiger partial charge in [-0.15, -0.1) is 0 Å². The molecule has 3 aromatic rings. The van der Waals surface area contributed by atoms with Gasteiger partial charge in [0.25, 0.3) is 0 Å². The molecule has 0 fully saturated rings. The number of phenolic OH excluding ortho intramolecular Hbond substituents is 3.